The molecule has 0 bridgehead atoms. The Bertz CT molecular complexity index is 858. The van der Waals surface area contributed by atoms with Crippen LogP contribution >= 0.6 is 0 Å². The van der Waals surface area contributed by atoms with Crippen LogP contribution in [0.5, 0.6) is 0 Å². The Hall–Kier alpha value is -3.42. The maximum absolute atomic E-state index is 12.6. The summed E-state index contributed by atoms with van der Waals surface area (Å²) in [5, 5.41) is 2.83. The average molecular weight is 381 g/mol. The molecule has 2 aromatic rings. The molecule has 8 nitrogen and oxygen atoms in total. The van der Waals surface area contributed by atoms with Gasteiger partial charge in [-0.2, -0.15) is 0 Å². The molecule has 8 heteroatoms. The Morgan fingerprint density at radius 2 is 1.75 bits per heavy atom. The van der Waals surface area contributed by atoms with Crippen LogP contribution in [0.4, 0.5) is 11.4 Å². The number of rotatable bonds is 5. The van der Waals surface area contributed by atoms with E-state index in [1.54, 1.807) is 15.9 Å². The number of anilines is 2. The fourth-order valence-electron chi connectivity index (χ4n) is 2.93. The standard InChI is InChI=1S/C20H23N5O3/c1-23(2)17-5-3-16(4-6-17)22-19(27)15-7-8-21-18(13-15)20(28)25-11-9-24(14-26)10-12-25/h3-8,13-14H,9-12H2,1-2H3,(H,22,27). The van der Waals surface area contributed by atoms with Gasteiger partial charge in [0.05, 0.1) is 0 Å². The number of hydrogen-bond donors (Lipinski definition) is 1. The molecule has 1 saturated heterocycles. The van der Waals surface area contributed by atoms with Crippen molar-refractivity contribution >= 4 is 29.6 Å². The lowest BCUT2D eigenvalue weighted by molar-refractivity contribution is -0.119. The summed E-state index contributed by atoms with van der Waals surface area (Å²) >= 11 is 0. The second-order valence-corrected chi connectivity index (χ2v) is 6.76. The molecule has 0 radical (unpaired) electrons. The average Bonchev–Trinajstić information content (AvgIpc) is 2.73. The first kappa shape index (κ1) is 19.3. The fourth-order valence-corrected chi connectivity index (χ4v) is 2.93. The number of aromatic nitrogens is 1. The molecular weight excluding hydrogens is 358 g/mol. The van der Waals surface area contributed by atoms with Gasteiger partial charge in [0.15, 0.2) is 0 Å². The molecule has 1 aromatic heterocycles. The van der Waals surface area contributed by atoms with Crippen molar-refractivity contribution < 1.29 is 14.4 Å². The summed E-state index contributed by atoms with van der Waals surface area (Å²) in [6, 6.07) is 10.6. The number of nitrogens with zero attached hydrogens (tertiary/aromatic N) is 4. The van der Waals surface area contributed by atoms with Gasteiger partial charge in [0.25, 0.3) is 11.8 Å². The topological polar surface area (TPSA) is 85.8 Å². The quantitative estimate of drug-likeness (QED) is 0.790. The third-order valence-corrected chi connectivity index (χ3v) is 4.63. The molecule has 146 valence electrons. The van der Waals surface area contributed by atoms with Crippen molar-refractivity contribution in [3.63, 3.8) is 0 Å². The van der Waals surface area contributed by atoms with Crippen molar-refractivity contribution in [1.82, 2.24) is 14.8 Å². The van der Waals surface area contributed by atoms with Crippen LogP contribution in [-0.2, 0) is 4.79 Å². The normalized spacial score (nSPS) is 13.8. The van der Waals surface area contributed by atoms with Crippen LogP contribution in [0, 0.1) is 0 Å². The summed E-state index contributed by atoms with van der Waals surface area (Å²) in [5.74, 6) is -0.546. The summed E-state index contributed by atoms with van der Waals surface area (Å²) in [6.45, 7) is 1.90. The van der Waals surface area contributed by atoms with Crippen LogP contribution in [0.15, 0.2) is 42.6 Å². The number of carbonyl (C=O) groups excluding carboxylic acids is 3. The predicted molar refractivity (Wildman–Crippen MR) is 106 cm³/mol. The minimum absolute atomic E-state index is 0.218. The zero-order valence-corrected chi connectivity index (χ0v) is 16.0. The van der Waals surface area contributed by atoms with Gasteiger partial charge in [-0.25, -0.2) is 0 Å². The number of pyridine rings is 1. The van der Waals surface area contributed by atoms with E-state index in [1.807, 2.05) is 43.3 Å². The number of nitrogens with one attached hydrogen (secondary N) is 1. The minimum atomic E-state index is -0.306. The monoisotopic (exact) mass is 381 g/mol. The first-order valence-electron chi connectivity index (χ1n) is 9.01. The molecule has 1 aromatic carbocycles. The number of carbonyl (C=O) groups is 3. The zero-order chi connectivity index (χ0) is 20.1. The summed E-state index contributed by atoms with van der Waals surface area (Å²) in [7, 11) is 3.89. The summed E-state index contributed by atoms with van der Waals surface area (Å²) < 4.78 is 0. The van der Waals surface area contributed by atoms with Gasteiger partial charge < -0.3 is 20.0 Å². The number of hydrogen-bond acceptors (Lipinski definition) is 5. The van der Waals surface area contributed by atoms with Crippen molar-refractivity contribution in [2.45, 2.75) is 0 Å². The first-order valence-corrected chi connectivity index (χ1v) is 9.01. The highest BCUT2D eigenvalue weighted by Crippen LogP contribution is 2.17. The molecule has 3 rings (SSSR count). The third-order valence-electron chi connectivity index (χ3n) is 4.63. The molecule has 1 aliphatic rings. The summed E-state index contributed by atoms with van der Waals surface area (Å²) in [5.41, 5.74) is 2.28. The fraction of sp³-hybridized carbons (Fsp3) is 0.300. The molecule has 2 heterocycles. The molecular formula is C20H23N5O3. The van der Waals surface area contributed by atoms with Gasteiger partial charge in [-0.1, -0.05) is 0 Å². The molecule has 0 atom stereocenters. The largest absolute Gasteiger partial charge is 0.378 e. The predicted octanol–water partition coefficient (Wildman–Crippen LogP) is 1.31. The molecule has 0 saturated carbocycles. The molecule has 3 amide bonds. The minimum Gasteiger partial charge on any atom is -0.378 e. The van der Waals surface area contributed by atoms with Crippen molar-refractivity contribution in [1.29, 1.82) is 0 Å². The van der Waals surface area contributed by atoms with E-state index in [9.17, 15) is 14.4 Å². The van der Waals surface area contributed by atoms with E-state index in [0.29, 0.717) is 37.4 Å². The van der Waals surface area contributed by atoms with Crippen LogP contribution in [-0.4, -0.2) is 73.3 Å². The van der Waals surface area contributed by atoms with E-state index < -0.39 is 0 Å². The zero-order valence-electron chi connectivity index (χ0n) is 16.0. The Labute approximate surface area is 163 Å². The van der Waals surface area contributed by atoms with Crippen LogP contribution in [0.1, 0.15) is 20.8 Å². The summed E-state index contributed by atoms with van der Waals surface area (Å²) in [6.07, 6.45) is 2.25. The van der Waals surface area contributed by atoms with Crippen LogP contribution in [0.2, 0.25) is 0 Å². The Balaban J connectivity index is 1.67. The second-order valence-electron chi connectivity index (χ2n) is 6.76. The van der Waals surface area contributed by atoms with Gasteiger partial charge in [0.1, 0.15) is 5.69 Å². The SMILES string of the molecule is CN(C)c1ccc(NC(=O)c2ccnc(C(=O)N3CCN(C=O)CC3)c2)cc1. The first-order chi connectivity index (χ1) is 13.5. The number of amides is 3. The highest BCUT2D eigenvalue weighted by molar-refractivity contribution is 6.05. The van der Waals surface area contributed by atoms with Gasteiger partial charge in [0.2, 0.25) is 6.41 Å². The van der Waals surface area contributed by atoms with Crippen molar-refractivity contribution in [3.05, 3.63) is 53.9 Å². The van der Waals surface area contributed by atoms with Crippen molar-refractivity contribution in [3.8, 4) is 0 Å². The number of benzene rings is 1. The highest BCUT2D eigenvalue weighted by atomic mass is 16.2. The molecule has 0 unspecified atom stereocenters. The Kier molecular flexibility index (Phi) is 5.88. The van der Waals surface area contributed by atoms with E-state index in [-0.39, 0.29) is 17.5 Å². The van der Waals surface area contributed by atoms with Gasteiger partial charge in [0, 0.05) is 63.4 Å². The van der Waals surface area contributed by atoms with E-state index in [0.717, 1.165) is 12.1 Å². The van der Waals surface area contributed by atoms with E-state index in [2.05, 4.69) is 10.3 Å². The maximum Gasteiger partial charge on any atom is 0.272 e. The Morgan fingerprint density at radius 3 is 2.36 bits per heavy atom. The van der Waals surface area contributed by atoms with E-state index in [1.165, 1.54) is 12.3 Å². The lowest BCUT2D eigenvalue weighted by Gasteiger charge is -2.32. The summed E-state index contributed by atoms with van der Waals surface area (Å²) in [4.78, 5) is 45.3. The second kappa shape index (κ2) is 8.51. The molecule has 1 aliphatic heterocycles. The molecule has 0 spiro atoms. The maximum atomic E-state index is 12.6. The van der Waals surface area contributed by atoms with Gasteiger partial charge in [-0.3, -0.25) is 19.4 Å². The smallest absolute Gasteiger partial charge is 0.272 e. The van der Waals surface area contributed by atoms with Gasteiger partial charge in [-0.15, -0.1) is 0 Å². The Morgan fingerprint density at radius 1 is 1.07 bits per heavy atom. The highest BCUT2D eigenvalue weighted by Gasteiger charge is 2.23. The lowest BCUT2D eigenvalue weighted by Crippen LogP contribution is -2.48. The van der Waals surface area contributed by atoms with Crippen molar-refractivity contribution in [2.75, 3.05) is 50.5 Å². The van der Waals surface area contributed by atoms with Gasteiger partial charge >= 0.3 is 0 Å². The van der Waals surface area contributed by atoms with E-state index in [4.69, 9.17) is 0 Å². The van der Waals surface area contributed by atoms with Crippen LogP contribution < -0.4 is 10.2 Å². The van der Waals surface area contributed by atoms with E-state index >= 15 is 0 Å². The number of piperazine rings is 1. The molecule has 1 N–H and O–H groups in total. The third kappa shape index (κ3) is 4.46. The molecule has 1 fully saturated rings. The van der Waals surface area contributed by atoms with Crippen LogP contribution in [0.3, 0.4) is 0 Å². The molecule has 0 aliphatic carbocycles. The lowest BCUT2D eigenvalue weighted by atomic mass is 10.2. The van der Waals surface area contributed by atoms with Gasteiger partial charge in [-0.05, 0) is 36.4 Å². The molecule has 28 heavy (non-hydrogen) atoms. The van der Waals surface area contributed by atoms with Crippen LogP contribution in [0.25, 0.3) is 0 Å². The van der Waals surface area contributed by atoms with Crippen molar-refractivity contribution in [2.24, 2.45) is 0 Å².